The molecule has 1 aliphatic heterocycles. The smallest absolute Gasteiger partial charge is 0.283 e. The highest BCUT2D eigenvalue weighted by atomic mass is 35.5. The SMILES string of the molecule is Cc1ccc(C(=O)Nc2ccc(C(N)=O)cc2)cc1NC1=C(Cl)C(=O)N(c2ccc(Cl)cc2)C1=O. The van der Waals surface area contributed by atoms with Crippen molar-refractivity contribution in [3.8, 4) is 0 Å². The number of carbonyl (C=O) groups excluding carboxylic acids is 4. The average molecular weight is 509 g/mol. The van der Waals surface area contributed by atoms with Gasteiger partial charge in [0.15, 0.2) is 0 Å². The minimum atomic E-state index is -0.674. The fourth-order valence-electron chi connectivity index (χ4n) is 3.39. The van der Waals surface area contributed by atoms with Gasteiger partial charge in [0, 0.05) is 27.5 Å². The standard InChI is InChI=1S/C25H18Cl2N4O4/c1-13-2-3-15(23(33)29-17-8-4-14(5-9-17)22(28)32)12-19(13)30-21-20(27)24(34)31(25(21)35)18-10-6-16(26)7-11-18/h2-12,30H,1H3,(H2,28,32)(H,29,33). The van der Waals surface area contributed by atoms with Crippen LogP contribution in [0, 0.1) is 6.92 Å². The van der Waals surface area contributed by atoms with E-state index in [0.717, 1.165) is 10.5 Å². The molecule has 8 nitrogen and oxygen atoms in total. The molecule has 4 rings (SSSR count). The summed E-state index contributed by atoms with van der Waals surface area (Å²) in [5.74, 6) is -2.30. The molecule has 3 aromatic rings. The monoisotopic (exact) mass is 508 g/mol. The first kappa shape index (κ1) is 24.0. The van der Waals surface area contributed by atoms with Gasteiger partial charge in [0.05, 0.1) is 5.69 Å². The first-order valence-electron chi connectivity index (χ1n) is 10.3. The highest BCUT2D eigenvalue weighted by Crippen LogP contribution is 2.31. The zero-order valence-electron chi connectivity index (χ0n) is 18.3. The van der Waals surface area contributed by atoms with Crippen molar-refractivity contribution in [2.24, 2.45) is 5.73 Å². The van der Waals surface area contributed by atoms with E-state index in [1.54, 1.807) is 49.4 Å². The van der Waals surface area contributed by atoms with Crippen molar-refractivity contribution in [3.05, 3.63) is 99.2 Å². The number of nitrogens with zero attached hydrogens (tertiary/aromatic N) is 1. The predicted octanol–water partition coefficient (Wildman–Crippen LogP) is 4.44. The van der Waals surface area contributed by atoms with Crippen LogP contribution >= 0.6 is 23.2 Å². The van der Waals surface area contributed by atoms with Gasteiger partial charge in [-0.1, -0.05) is 29.3 Å². The molecule has 1 heterocycles. The maximum Gasteiger partial charge on any atom is 0.283 e. The number of hydrogen-bond donors (Lipinski definition) is 3. The molecule has 35 heavy (non-hydrogen) atoms. The highest BCUT2D eigenvalue weighted by Gasteiger charge is 2.39. The fourth-order valence-corrected chi connectivity index (χ4v) is 3.73. The molecule has 0 unspecified atom stereocenters. The molecule has 0 radical (unpaired) electrons. The van der Waals surface area contributed by atoms with Crippen LogP contribution in [0.5, 0.6) is 0 Å². The Morgan fingerprint density at radius 3 is 2.11 bits per heavy atom. The summed E-state index contributed by atoms with van der Waals surface area (Å²) in [6.45, 7) is 1.78. The van der Waals surface area contributed by atoms with Crippen LogP contribution in [-0.4, -0.2) is 23.6 Å². The van der Waals surface area contributed by atoms with Gasteiger partial charge >= 0.3 is 0 Å². The number of amides is 4. The lowest BCUT2D eigenvalue weighted by Crippen LogP contribution is -2.32. The number of imide groups is 1. The third-order valence-electron chi connectivity index (χ3n) is 5.30. The van der Waals surface area contributed by atoms with Crippen LogP contribution < -0.4 is 21.3 Å². The van der Waals surface area contributed by atoms with Crippen LogP contribution in [0.3, 0.4) is 0 Å². The van der Waals surface area contributed by atoms with Gasteiger partial charge in [-0.3, -0.25) is 19.2 Å². The van der Waals surface area contributed by atoms with Gasteiger partial charge < -0.3 is 16.4 Å². The highest BCUT2D eigenvalue weighted by molar-refractivity contribution is 6.53. The Hall–Kier alpha value is -4.14. The molecule has 0 aliphatic carbocycles. The number of aryl methyl sites for hydroxylation is 1. The Balaban J connectivity index is 1.55. The van der Waals surface area contributed by atoms with E-state index in [1.165, 1.54) is 24.3 Å². The molecule has 0 bridgehead atoms. The van der Waals surface area contributed by atoms with Gasteiger partial charge in [0.25, 0.3) is 17.7 Å². The van der Waals surface area contributed by atoms with Gasteiger partial charge in [0.1, 0.15) is 10.7 Å². The maximum absolute atomic E-state index is 13.0. The molecule has 4 N–H and O–H groups in total. The van der Waals surface area contributed by atoms with E-state index in [0.29, 0.717) is 33.2 Å². The topological polar surface area (TPSA) is 122 Å². The van der Waals surface area contributed by atoms with Crippen LogP contribution in [0.25, 0.3) is 0 Å². The third kappa shape index (κ3) is 4.89. The summed E-state index contributed by atoms with van der Waals surface area (Å²) in [7, 11) is 0. The Morgan fingerprint density at radius 1 is 0.857 bits per heavy atom. The molecule has 0 spiro atoms. The number of nitrogens with two attached hydrogens (primary N) is 1. The summed E-state index contributed by atoms with van der Waals surface area (Å²) in [5.41, 5.74) is 7.67. The van der Waals surface area contributed by atoms with Crippen molar-refractivity contribution in [2.75, 3.05) is 15.5 Å². The molecular weight excluding hydrogens is 491 g/mol. The van der Waals surface area contributed by atoms with Crippen LogP contribution in [-0.2, 0) is 9.59 Å². The molecule has 3 aromatic carbocycles. The zero-order valence-corrected chi connectivity index (χ0v) is 19.8. The van der Waals surface area contributed by atoms with Gasteiger partial charge in [-0.2, -0.15) is 0 Å². The van der Waals surface area contributed by atoms with Crippen molar-refractivity contribution in [1.82, 2.24) is 0 Å². The minimum Gasteiger partial charge on any atom is -0.366 e. The Bertz CT molecular complexity index is 1400. The van der Waals surface area contributed by atoms with Gasteiger partial charge in [0.2, 0.25) is 5.91 Å². The molecule has 1 aliphatic rings. The molecule has 10 heteroatoms. The lowest BCUT2D eigenvalue weighted by molar-refractivity contribution is -0.120. The van der Waals surface area contributed by atoms with Crippen LogP contribution in [0.1, 0.15) is 26.3 Å². The van der Waals surface area contributed by atoms with Crippen molar-refractivity contribution >= 4 is 63.9 Å². The number of rotatable bonds is 6. The lowest BCUT2D eigenvalue weighted by atomic mass is 10.1. The van der Waals surface area contributed by atoms with Crippen LogP contribution in [0.4, 0.5) is 17.1 Å². The fraction of sp³-hybridized carbons (Fsp3) is 0.0400. The van der Waals surface area contributed by atoms with E-state index in [4.69, 9.17) is 28.9 Å². The number of halogens is 2. The lowest BCUT2D eigenvalue weighted by Gasteiger charge is -2.16. The van der Waals surface area contributed by atoms with E-state index < -0.39 is 23.6 Å². The van der Waals surface area contributed by atoms with Gasteiger partial charge in [-0.15, -0.1) is 0 Å². The summed E-state index contributed by atoms with van der Waals surface area (Å²) in [6.07, 6.45) is 0. The summed E-state index contributed by atoms with van der Waals surface area (Å²) in [6, 6.07) is 17.2. The van der Waals surface area contributed by atoms with Gasteiger partial charge in [-0.25, -0.2) is 4.90 Å². The molecule has 0 fully saturated rings. The minimum absolute atomic E-state index is 0.102. The quantitative estimate of drug-likeness (QED) is 0.425. The molecular formula is C25H18Cl2N4O4. The number of primary amides is 1. The largest absolute Gasteiger partial charge is 0.366 e. The predicted molar refractivity (Wildman–Crippen MR) is 135 cm³/mol. The average Bonchev–Trinajstić information content (AvgIpc) is 3.04. The van der Waals surface area contributed by atoms with E-state index in [1.807, 2.05) is 0 Å². The summed E-state index contributed by atoms with van der Waals surface area (Å²) < 4.78 is 0. The van der Waals surface area contributed by atoms with E-state index >= 15 is 0 Å². The van der Waals surface area contributed by atoms with E-state index in [2.05, 4.69) is 10.6 Å². The number of anilines is 3. The number of hydrogen-bond acceptors (Lipinski definition) is 5. The number of benzene rings is 3. The number of carbonyl (C=O) groups is 4. The molecule has 0 saturated heterocycles. The van der Waals surface area contributed by atoms with Crippen molar-refractivity contribution in [2.45, 2.75) is 6.92 Å². The molecule has 0 saturated carbocycles. The first-order chi connectivity index (χ1) is 16.7. The van der Waals surface area contributed by atoms with Crippen molar-refractivity contribution in [3.63, 3.8) is 0 Å². The summed E-state index contributed by atoms with van der Waals surface area (Å²) in [4.78, 5) is 50.6. The molecule has 0 atom stereocenters. The maximum atomic E-state index is 13.0. The molecule has 176 valence electrons. The molecule has 0 aromatic heterocycles. The first-order valence-corrected chi connectivity index (χ1v) is 11.0. The van der Waals surface area contributed by atoms with E-state index in [9.17, 15) is 19.2 Å². The zero-order chi connectivity index (χ0) is 25.3. The normalized spacial score (nSPS) is 13.3. The van der Waals surface area contributed by atoms with Gasteiger partial charge in [-0.05, 0) is 73.2 Å². The summed E-state index contributed by atoms with van der Waals surface area (Å²) >= 11 is 12.1. The third-order valence-corrected chi connectivity index (χ3v) is 5.90. The Labute approximate surface area is 210 Å². The van der Waals surface area contributed by atoms with Crippen LogP contribution in [0.2, 0.25) is 5.02 Å². The van der Waals surface area contributed by atoms with Crippen LogP contribution in [0.15, 0.2) is 77.5 Å². The second kappa shape index (κ2) is 9.61. The van der Waals surface area contributed by atoms with Crippen molar-refractivity contribution < 1.29 is 19.2 Å². The second-order valence-electron chi connectivity index (χ2n) is 7.66. The Morgan fingerprint density at radius 2 is 1.49 bits per heavy atom. The van der Waals surface area contributed by atoms with E-state index in [-0.39, 0.29) is 10.7 Å². The Kier molecular flexibility index (Phi) is 6.59. The number of nitrogens with one attached hydrogen (secondary N) is 2. The van der Waals surface area contributed by atoms with Crippen molar-refractivity contribution in [1.29, 1.82) is 0 Å². The summed E-state index contributed by atoms with van der Waals surface area (Å²) in [5, 5.41) is 5.82. The molecule has 4 amide bonds. The second-order valence-corrected chi connectivity index (χ2v) is 8.48.